The Bertz CT molecular complexity index is 543. The Balaban J connectivity index is 3.45. The molecular weight excluding hydrogens is 277 g/mol. The quantitative estimate of drug-likeness (QED) is 0.801. The molecular formula is C12H17ClFNO2S. The van der Waals surface area contributed by atoms with E-state index < -0.39 is 15.8 Å². The van der Waals surface area contributed by atoms with Crippen LogP contribution in [0.15, 0.2) is 17.0 Å². The van der Waals surface area contributed by atoms with Crippen LogP contribution in [-0.4, -0.2) is 25.8 Å². The second kappa shape index (κ2) is 5.55. The van der Waals surface area contributed by atoms with E-state index in [4.69, 9.17) is 11.6 Å². The Hall–Kier alpha value is -0.650. The fourth-order valence-corrected chi connectivity index (χ4v) is 3.29. The third-order valence-electron chi connectivity index (χ3n) is 2.90. The first-order valence-corrected chi connectivity index (χ1v) is 7.52. The van der Waals surface area contributed by atoms with Crippen LogP contribution in [0.25, 0.3) is 0 Å². The molecule has 0 bridgehead atoms. The fraction of sp³-hybridized carbons (Fsp3) is 0.500. The molecule has 1 aromatic rings. The van der Waals surface area contributed by atoms with Crippen molar-refractivity contribution in [1.82, 2.24) is 4.31 Å². The van der Waals surface area contributed by atoms with Crippen LogP contribution in [0.4, 0.5) is 4.39 Å². The number of alkyl halides is 1. The highest BCUT2D eigenvalue weighted by Crippen LogP contribution is 2.25. The normalized spacial score (nSPS) is 12.4. The number of sulfonamides is 1. The first kappa shape index (κ1) is 15.4. The average Bonchev–Trinajstić information content (AvgIpc) is 2.30. The van der Waals surface area contributed by atoms with Gasteiger partial charge in [-0.3, -0.25) is 0 Å². The number of nitrogens with zero attached hydrogens (tertiary/aromatic N) is 1. The van der Waals surface area contributed by atoms with Gasteiger partial charge in [0.15, 0.2) is 0 Å². The van der Waals surface area contributed by atoms with E-state index in [-0.39, 0.29) is 22.4 Å². The van der Waals surface area contributed by atoms with E-state index in [0.29, 0.717) is 5.56 Å². The molecule has 0 atom stereocenters. The Morgan fingerprint density at radius 3 is 2.39 bits per heavy atom. The molecule has 1 aromatic carbocycles. The lowest BCUT2D eigenvalue weighted by Crippen LogP contribution is -2.33. The molecule has 0 aliphatic heterocycles. The number of hydrogen-bond acceptors (Lipinski definition) is 2. The van der Waals surface area contributed by atoms with Gasteiger partial charge in [0.2, 0.25) is 10.0 Å². The fourth-order valence-electron chi connectivity index (χ4n) is 1.48. The van der Waals surface area contributed by atoms with Gasteiger partial charge >= 0.3 is 0 Å². The van der Waals surface area contributed by atoms with E-state index in [9.17, 15) is 12.8 Å². The van der Waals surface area contributed by atoms with E-state index in [2.05, 4.69) is 0 Å². The SMILES string of the molecule is Cc1c(F)cc(CCl)cc1S(=O)(=O)N(C)C(C)C. The van der Waals surface area contributed by atoms with Crippen molar-refractivity contribution >= 4 is 21.6 Å². The van der Waals surface area contributed by atoms with Crippen molar-refractivity contribution in [3.8, 4) is 0 Å². The van der Waals surface area contributed by atoms with Gasteiger partial charge in [-0.1, -0.05) is 0 Å². The predicted octanol–water partition coefficient (Wildman–Crippen LogP) is 2.90. The summed E-state index contributed by atoms with van der Waals surface area (Å²) in [7, 11) is -2.21. The van der Waals surface area contributed by atoms with Crippen molar-refractivity contribution in [2.24, 2.45) is 0 Å². The van der Waals surface area contributed by atoms with Gasteiger partial charge in [0.05, 0.1) is 4.90 Å². The molecule has 0 amide bonds. The lowest BCUT2D eigenvalue weighted by atomic mass is 10.1. The monoisotopic (exact) mass is 293 g/mol. The first-order valence-electron chi connectivity index (χ1n) is 5.54. The summed E-state index contributed by atoms with van der Waals surface area (Å²) in [4.78, 5) is -0.0191. The van der Waals surface area contributed by atoms with Crippen LogP contribution in [0.2, 0.25) is 0 Å². The van der Waals surface area contributed by atoms with Crippen molar-refractivity contribution in [3.63, 3.8) is 0 Å². The number of rotatable bonds is 4. The molecule has 0 aromatic heterocycles. The minimum absolute atomic E-state index is 0.0191. The van der Waals surface area contributed by atoms with Crippen LogP contribution in [0, 0.1) is 12.7 Å². The van der Waals surface area contributed by atoms with Crippen LogP contribution < -0.4 is 0 Å². The molecule has 3 nitrogen and oxygen atoms in total. The molecule has 0 saturated heterocycles. The van der Waals surface area contributed by atoms with Gasteiger partial charge in [-0.15, -0.1) is 11.6 Å². The summed E-state index contributed by atoms with van der Waals surface area (Å²) < 4.78 is 39.6. The zero-order chi connectivity index (χ0) is 14.1. The highest BCUT2D eigenvalue weighted by Gasteiger charge is 2.26. The van der Waals surface area contributed by atoms with Crippen LogP contribution in [0.3, 0.4) is 0 Å². The molecule has 0 fully saturated rings. The first-order chi connectivity index (χ1) is 8.21. The van der Waals surface area contributed by atoms with E-state index in [1.165, 1.54) is 30.4 Å². The second-order valence-electron chi connectivity index (χ2n) is 4.45. The standard InChI is InChI=1S/C12H17ClFNO2S/c1-8(2)15(4)18(16,17)12-6-10(7-13)5-11(14)9(12)3/h5-6,8H,7H2,1-4H3. The molecule has 0 aliphatic carbocycles. The van der Waals surface area contributed by atoms with Gasteiger partial charge in [0, 0.05) is 24.5 Å². The van der Waals surface area contributed by atoms with Gasteiger partial charge < -0.3 is 0 Å². The minimum Gasteiger partial charge on any atom is -0.207 e. The predicted molar refractivity (Wildman–Crippen MR) is 70.8 cm³/mol. The van der Waals surface area contributed by atoms with Crippen molar-refractivity contribution in [2.75, 3.05) is 7.05 Å². The molecule has 18 heavy (non-hydrogen) atoms. The van der Waals surface area contributed by atoms with Crippen molar-refractivity contribution in [2.45, 2.75) is 37.6 Å². The number of halogens is 2. The van der Waals surface area contributed by atoms with E-state index >= 15 is 0 Å². The highest BCUT2D eigenvalue weighted by molar-refractivity contribution is 7.89. The molecule has 0 N–H and O–H groups in total. The van der Waals surface area contributed by atoms with Gasteiger partial charge in [0.1, 0.15) is 5.82 Å². The van der Waals surface area contributed by atoms with Gasteiger partial charge in [-0.25, -0.2) is 12.8 Å². The molecule has 102 valence electrons. The molecule has 0 saturated carbocycles. The van der Waals surface area contributed by atoms with Crippen LogP contribution in [-0.2, 0) is 15.9 Å². The Morgan fingerprint density at radius 1 is 1.39 bits per heavy atom. The molecule has 0 radical (unpaired) electrons. The lowest BCUT2D eigenvalue weighted by Gasteiger charge is -2.22. The average molecular weight is 294 g/mol. The smallest absolute Gasteiger partial charge is 0.207 e. The molecule has 1 rings (SSSR count). The van der Waals surface area contributed by atoms with Gasteiger partial charge in [-0.05, 0) is 38.5 Å². The third-order valence-corrected chi connectivity index (χ3v) is 5.36. The van der Waals surface area contributed by atoms with Crippen molar-refractivity contribution in [1.29, 1.82) is 0 Å². The van der Waals surface area contributed by atoms with E-state index in [0.717, 1.165) is 0 Å². The Morgan fingerprint density at radius 2 is 1.94 bits per heavy atom. The second-order valence-corrected chi connectivity index (χ2v) is 6.68. The summed E-state index contributed by atoms with van der Waals surface area (Å²) in [6.07, 6.45) is 0. The maximum absolute atomic E-state index is 13.7. The topological polar surface area (TPSA) is 37.4 Å². The molecule has 0 unspecified atom stereocenters. The third kappa shape index (κ3) is 2.84. The molecule has 0 heterocycles. The van der Waals surface area contributed by atoms with Crippen molar-refractivity contribution < 1.29 is 12.8 Å². The van der Waals surface area contributed by atoms with Gasteiger partial charge in [-0.2, -0.15) is 4.31 Å². The zero-order valence-corrected chi connectivity index (χ0v) is 12.4. The lowest BCUT2D eigenvalue weighted by molar-refractivity contribution is 0.409. The van der Waals surface area contributed by atoms with E-state index in [1.807, 2.05) is 0 Å². The molecule has 0 spiro atoms. The number of hydrogen-bond donors (Lipinski definition) is 0. The van der Waals surface area contributed by atoms with E-state index in [1.54, 1.807) is 13.8 Å². The van der Waals surface area contributed by atoms with Crippen LogP contribution in [0.5, 0.6) is 0 Å². The minimum atomic E-state index is -3.69. The molecule has 6 heteroatoms. The maximum Gasteiger partial charge on any atom is 0.243 e. The number of benzene rings is 1. The van der Waals surface area contributed by atoms with Gasteiger partial charge in [0.25, 0.3) is 0 Å². The summed E-state index contributed by atoms with van der Waals surface area (Å²) in [5, 5.41) is 0. The Kier molecular flexibility index (Phi) is 4.75. The summed E-state index contributed by atoms with van der Waals surface area (Å²) in [5.41, 5.74) is 0.576. The summed E-state index contributed by atoms with van der Waals surface area (Å²) in [6, 6.07) is 2.49. The Labute approximate surface area is 113 Å². The summed E-state index contributed by atoms with van der Waals surface area (Å²) in [6.45, 7) is 4.97. The molecule has 0 aliphatic rings. The highest BCUT2D eigenvalue weighted by atomic mass is 35.5. The summed E-state index contributed by atoms with van der Waals surface area (Å²) >= 11 is 5.64. The van der Waals surface area contributed by atoms with Crippen LogP contribution >= 0.6 is 11.6 Å². The zero-order valence-electron chi connectivity index (χ0n) is 10.9. The van der Waals surface area contributed by atoms with Crippen molar-refractivity contribution in [3.05, 3.63) is 29.1 Å². The summed E-state index contributed by atoms with van der Waals surface area (Å²) in [5.74, 6) is -0.477. The maximum atomic E-state index is 13.7. The largest absolute Gasteiger partial charge is 0.243 e. The van der Waals surface area contributed by atoms with Crippen LogP contribution in [0.1, 0.15) is 25.0 Å².